The summed E-state index contributed by atoms with van der Waals surface area (Å²) in [6, 6.07) is 9.67. The Kier molecular flexibility index (Phi) is 4.93. The first-order chi connectivity index (χ1) is 13.5. The number of piperazine rings is 1. The second-order valence-corrected chi connectivity index (χ2v) is 7.30. The van der Waals surface area contributed by atoms with Crippen LogP contribution in [0.5, 0.6) is 0 Å². The van der Waals surface area contributed by atoms with E-state index < -0.39 is 5.82 Å². The molecule has 2 aliphatic heterocycles. The summed E-state index contributed by atoms with van der Waals surface area (Å²) in [5.41, 5.74) is 1.08. The largest absolute Gasteiger partial charge is 0.341 e. The van der Waals surface area contributed by atoms with Crippen molar-refractivity contribution in [1.29, 1.82) is 0 Å². The number of halogens is 1. The molecular formula is C20H23FN6O. The topological polar surface area (TPSA) is 64.9 Å². The molecule has 4 rings (SSSR count). The molecule has 0 saturated carbocycles. The van der Waals surface area contributed by atoms with Crippen molar-refractivity contribution >= 4 is 18.2 Å². The third kappa shape index (κ3) is 3.42. The predicted molar refractivity (Wildman–Crippen MR) is 104 cm³/mol. The number of hydrogen-bond acceptors (Lipinski definition) is 5. The van der Waals surface area contributed by atoms with Crippen molar-refractivity contribution in [1.82, 2.24) is 19.9 Å². The highest BCUT2D eigenvalue weighted by Crippen LogP contribution is 2.31. The molecule has 7 nitrogen and oxygen atoms in total. The third-order valence-electron chi connectivity index (χ3n) is 5.24. The molecule has 0 spiro atoms. The van der Waals surface area contributed by atoms with E-state index in [1.54, 1.807) is 11.2 Å². The number of carbonyl (C=O) groups is 1. The predicted octanol–water partition coefficient (Wildman–Crippen LogP) is 3.07. The Morgan fingerprint density at radius 1 is 1.07 bits per heavy atom. The van der Waals surface area contributed by atoms with Crippen LogP contribution in [0.4, 0.5) is 15.1 Å². The van der Waals surface area contributed by atoms with Gasteiger partial charge in [0.05, 0.1) is 18.4 Å². The number of amides is 2. The summed E-state index contributed by atoms with van der Waals surface area (Å²) in [4.78, 5) is 25.3. The average molecular weight is 382 g/mol. The van der Waals surface area contributed by atoms with Gasteiger partial charge in [0.1, 0.15) is 0 Å². The zero-order valence-corrected chi connectivity index (χ0v) is 15.9. The fraction of sp³-hybridized carbons (Fsp3) is 0.400. The number of anilines is 1. The fourth-order valence-electron chi connectivity index (χ4n) is 4.00. The van der Waals surface area contributed by atoms with Gasteiger partial charge < -0.3 is 9.80 Å². The lowest BCUT2D eigenvalue weighted by atomic mass is 10.0. The highest BCUT2D eigenvalue weighted by atomic mass is 19.1. The number of benzene rings is 1. The Bertz CT molecular complexity index is 847. The van der Waals surface area contributed by atoms with Crippen LogP contribution in [0.25, 0.3) is 0 Å². The van der Waals surface area contributed by atoms with Gasteiger partial charge in [-0.1, -0.05) is 30.3 Å². The molecule has 0 N–H and O–H groups in total. The van der Waals surface area contributed by atoms with Gasteiger partial charge in [0.15, 0.2) is 5.82 Å². The molecule has 146 valence electrons. The molecule has 3 atom stereocenters. The summed E-state index contributed by atoms with van der Waals surface area (Å²) in [6.45, 7) is 5.16. The van der Waals surface area contributed by atoms with Gasteiger partial charge in [-0.25, -0.2) is 24.2 Å². The van der Waals surface area contributed by atoms with Gasteiger partial charge in [-0.2, -0.15) is 5.10 Å². The fourth-order valence-corrected chi connectivity index (χ4v) is 4.00. The molecule has 1 aromatic carbocycles. The van der Waals surface area contributed by atoms with E-state index in [9.17, 15) is 9.18 Å². The molecule has 8 heteroatoms. The maximum atomic E-state index is 13.3. The van der Waals surface area contributed by atoms with Gasteiger partial charge >= 0.3 is 6.03 Å². The number of hydrogen-bond donors (Lipinski definition) is 0. The first-order valence-electron chi connectivity index (χ1n) is 9.46. The van der Waals surface area contributed by atoms with E-state index >= 15 is 0 Å². The number of carbonyl (C=O) groups excluding carboxylic acids is 1. The molecule has 0 bridgehead atoms. The number of urea groups is 1. The van der Waals surface area contributed by atoms with E-state index in [2.05, 4.69) is 15.1 Å². The van der Waals surface area contributed by atoms with Crippen LogP contribution in [-0.2, 0) is 0 Å². The average Bonchev–Trinajstić information content (AvgIpc) is 3.18. The van der Waals surface area contributed by atoms with Crippen LogP contribution in [0.3, 0.4) is 0 Å². The zero-order chi connectivity index (χ0) is 19.7. The van der Waals surface area contributed by atoms with Gasteiger partial charge in [-0.3, -0.25) is 0 Å². The molecule has 1 saturated heterocycles. The second-order valence-electron chi connectivity index (χ2n) is 7.30. The summed E-state index contributed by atoms with van der Waals surface area (Å²) >= 11 is 0. The first kappa shape index (κ1) is 18.3. The van der Waals surface area contributed by atoms with Crippen molar-refractivity contribution in [3.63, 3.8) is 0 Å². The van der Waals surface area contributed by atoms with Crippen molar-refractivity contribution in [2.45, 2.75) is 38.4 Å². The Balaban J connectivity index is 1.50. The van der Waals surface area contributed by atoms with E-state index in [0.717, 1.165) is 5.56 Å². The summed E-state index contributed by atoms with van der Waals surface area (Å²) < 4.78 is 13.1. The highest BCUT2D eigenvalue weighted by Gasteiger charge is 2.39. The monoisotopic (exact) mass is 382 g/mol. The van der Waals surface area contributed by atoms with Gasteiger partial charge in [-0.05, 0) is 19.4 Å². The van der Waals surface area contributed by atoms with Crippen LogP contribution in [0.15, 0.2) is 47.8 Å². The lowest BCUT2D eigenvalue weighted by Crippen LogP contribution is -2.61. The molecule has 2 aliphatic rings. The van der Waals surface area contributed by atoms with Crippen LogP contribution in [0, 0.1) is 5.82 Å². The normalized spacial score (nSPS) is 24.7. The van der Waals surface area contributed by atoms with Crippen LogP contribution in [0.1, 0.15) is 31.9 Å². The maximum Gasteiger partial charge on any atom is 0.341 e. The zero-order valence-electron chi connectivity index (χ0n) is 15.9. The standard InChI is InChI=1S/C20H23FN6O/c1-14-12-25(19-22-10-17(21)11-23-19)13-15(2)26(14)20(28)27-18(8-9-24-27)16-6-4-3-5-7-16/h3-7,9-11,14-15,18H,8,12-13H2,1-2H3/t14-,15+,18?. The Morgan fingerprint density at radius 2 is 1.71 bits per heavy atom. The maximum absolute atomic E-state index is 13.3. The van der Waals surface area contributed by atoms with Gasteiger partial charge in [0.2, 0.25) is 5.95 Å². The number of nitrogens with zero attached hydrogens (tertiary/aromatic N) is 6. The van der Waals surface area contributed by atoms with E-state index in [4.69, 9.17) is 0 Å². The quantitative estimate of drug-likeness (QED) is 0.801. The minimum Gasteiger partial charge on any atom is -0.337 e. The van der Waals surface area contributed by atoms with E-state index in [1.807, 2.05) is 54.0 Å². The molecular weight excluding hydrogens is 359 g/mol. The van der Waals surface area contributed by atoms with Crippen LogP contribution >= 0.6 is 0 Å². The molecule has 2 aromatic rings. The lowest BCUT2D eigenvalue weighted by Gasteiger charge is -2.45. The van der Waals surface area contributed by atoms with Crippen LogP contribution in [-0.4, -0.2) is 57.3 Å². The smallest absolute Gasteiger partial charge is 0.337 e. The first-order valence-corrected chi connectivity index (χ1v) is 9.46. The summed E-state index contributed by atoms with van der Waals surface area (Å²) in [7, 11) is 0. The number of rotatable bonds is 2. The minimum atomic E-state index is -0.461. The van der Waals surface area contributed by atoms with Crippen molar-refractivity contribution < 1.29 is 9.18 Å². The third-order valence-corrected chi connectivity index (χ3v) is 5.24. The van der Waals surface area contributed by atoms with Crippen LogP contribution in [0.2, 0.25) is 0 Å². The second kappa shape index (κ2) is 7.53. The molecule has 28 heavy (non-hydrogen) atoms. The highest BCUT2D eigenvalue weighted by molar-refractivity contribution is 5.79. The van der Waals surface area contributed by atoms with Gasteiger partial charge in [0.25, 0.3) is 0 Å². The van der Waals surface area contributed by atoms with Crippen molar-refractivity contribution in [3.8, 4) is 0 Å². The minimum absolute atomic E-state index is 0.0582. The summed E-state index contributed by atoms with van der Waals surface area (Å²) in [5.74, 6) is 0.0195. The SMILES string of the molecule is C[C@@H]1CN(c2ncc(F)cn2)C[C@H](C)N1C(=O)N1N=CCC1c1ccccc1. The molecule has 0 radical (unpaired) electrons. The number of hydrazone groups is 1. The molecule has 1 unspecified atom stereocenters. The molecule has 1 fully saturated rings. The van der Waals surface area contributed by atoms with Crippen molar-refractivity contribution in [2.24, 2.45) is 5.10 Å². The Hall–Kier alpha value is -3.03. The molecule has 1 aromatic heterocycles. The van der Waals surface area contributed by atoms with Gasteiger partial charge in [0, 0.05) is 37.8 Å². The summed E-state index contributed by atoms with van der Waals surface area (Å²) in [6.07, 6.45) is 4.84. The van der Waals surface area contributed by atoms with E-state index in [-0.39, 0.29) is 24.2 Å². The lowest BCUT2D eigenvalue weighted by molar-refractivity contribution is 0.0985. The van der Waals surface area contributed by atoms with Gasteiger partial charge in [-0.15, -0.1) is 0 Å². The number of aromatic nitrogens is 2. The van der Waals surface area contributed by atoms with Crippen molar-refractivity contribution in [2.75, 3.05) is 18.0 Å². The van der Waals surface area contributed by atoms with E-state index in [1.165, 1.54) is 12.4 Å². The molecule has 0 aliphatic carbocycles. The van der Waals surface area contributed by atoms with Crippen molar-refractivity contribution in [3.05, 3.63) is 54.1 Å². The molecule has 3 heterocycles. The van der Waals surface area contributed by atoms with E-state index in [0.29, 0.717) is 25.5 Å². The Morgan fingerprint density at radius 3 is 2.36 bits per heavy atom. The molecule has 2 amide bonds. The summed E-state index contributed by atoms with van der Waals surface area (Å²) in [5, 5.41) is 5.95. The van der Waals surface area contributed by atoms with Crippen LogP contribution < -0.4 is 4.90 Å². The Labute approximate surface area is 163 Å².